The number of pyridine rings is 1. The summed E-state index contributed by atoms with van der Waals surface area (Å²) in [7, 11) is 0. The van der Waals surface area contributed by atoms with E-state index in [1.54, 1.807) is 23.3 Å². The van der Waals surface area contributed by atoms with Gasteiger partial charge in [-0.05, 0) is 30.9 Å². The smallest absolute Gasteiger partial charge is 0.276 e. The minimum absolute atomic E-state index is 0.0327. The fourth-order valence-electron chi connectivity index (χ4n) is 3.36. The zero-order chi connectivity index (χ0) is 16.5. The molecule has 126 valence electrons. The number of carbonyl (C=O) groups excluding carboxylic acids is 1. The van der Waals surface area contributed by atoms with Crippen LogP contribution in [0.5, 0.6) is 0 Å². The zero-order valence-electron chi connectivity index (χ0n) is 13.9. The standard InChI is InChI=1S/C17H22N6O/c1-13-10-21(14-4-5-14)7-8-22(11-13)17(24)16-12-23(20-19-16)15-3-2-6-18-9-15/h2-3,6,9,12-14H,4-5,7-8,10-11H2,1H3. The van der Waals surface area contributed by atoms with Gasteiger partial charge in [0.15, 0.2) is 5.69 Å². The van der Waals surface area contributed by atoms with Crippen molar-refractivity contribution in [3.05, 3.63) is 36.4 Å². The molecular formula is C17H22N6O. The molecule has 0 N–H and O–H groups in total. The van der Waals surface area contributed by atoms with Gasteiger partial charge in [-0.15, -0.1) is 5.10 Å². The highest BCUT2D eigenvalue weighted by Gasteiger charge is 2.33. The van der Waals surface area contributed by atoms with Crippen molar-refractivity contribution in [2.75, 3.05) is 26.2 Å². The van der Waals surface area contributed by atoms with Crippen LogP contribution in [-0.2, 0) is 0 Å². The Morgan fingerprint density at radius 2 is 2.12 bits per heavy atom. The largest absolute Gasteiger partial charge is 0.336 e. The number of aromatic nitrogens is 4. The van der Waals surface area contributed by atoms with Crippen LogP contribution >= 0.6 is 0 Å². The van der Waals surface area contributed by atoms with E-state index in [2.05, 4.69) is 27.1 Å². The second-order valence-corrected chi connectivity index (χ2v) is 6.84. The van der Waals surface area contributed by atoms with E-state index < -0.39 is 0 Å². The SMILES string of the molecule is CC1CN(C(=O)c2cn(-c3cccnc3)nn2)CCN(C2CC2)C1. The van der Waals surface area contributed by atoms with Gasteiger partial charge in [0.05, 0.1) is 18.1 Å². The average Bonchev–Trinajstić information content (AvgIpc) is 3.36. The second-order valence-electron chi connectivity index (χ2n) is 6.84. The van der Waals surface area contributed by atoms with Crippen molar-refractivity contribution >= 4 is 5.91 Å². The molecule has 1 atom stereocenters. The van der Waals surface area contributed by atoms with Gasteiger partial charge in [-0.25, -0.2) is 4.68 Å². The Kier molecular flexibility index (Phi) is 4.02. The van der Waals surface area contributed by atoms with Crippen LogP contribution < -0.4 is 0 Å². The Hall–Kier alpha value is -2.28. The Balaban J connectivity index is 1.48. The fraction of sp³-hybridized carbons (Fsp3) is 0.529. The molecule has 7 nitrogen and oxygen atoms in total. The minimum Gasteiger partial charge on any atom is -0.336 e. The van der Waals surface area contributed by atoms with E-state index in [1.807, 2.05) is 17.0 Å². The van der Waals surface area contributed by atoms with Gasteiger partial charge >= 0.3 is 0 Å². The van der Waals surface area contributed by atoms with E-state index in [4.69, 9.17) is 0 Å². The summed E-state index contributed by atoms with van der Waals surface area (Å²) in [6, 6.07) is 4.47. The summed E-state index contributed by atoms with van der Waals surface area (Å²) in [5.41, 5.74) is 1.19. The number of amides is 1. The van der Waals surface area contributed by atoms with E-state index in [0.717, 1.165) is 37.9 Å². The summed E-state index contributed by atoms with van der Waals surface area (Å²) in [6.45, 7) is 5.79. The lowest BCUT2D eigenvalue weighted by molar-refractivity contribution is 0.0742. The third-order valence-electron chi connectivity index (χ3n) is 4.71. The molecule has 1 saturated heterocycles. The van der Waals surface area contributed by atoms with Gasteiger partial charge in [-0.1, -0.05) is 12.1 Å². The molecule has 2 aromatic rings. The molecule has 7 heteroatoms. The minimum atomic E-state index is -0.0327. The highest BCUT2D eigenvalue weighted by atomic mass is 16.2. The van der Waals surface area contributed by atoms with Crippen LogP contribution in [0, 0.1) is 5.92 Å². The lowest BCUT2D eigenvalue weighted by atomic mass is 10.1. The second kappa shape index (κ2) is 6.32. The summed E-state index contributed by atoms with van der Waals surface area (Å²) >= 11 is 0. The molecule has 0 bridgehead atoms. The number of hydrogen-bond donors (Lipinski definition) is 0. The lowest BCUT2D eigenvalue weighted by Crippen LogP contribution is -2.36. The van der Waals surface area contributed by atoms with Crippen LogP contribution in [0.2, 0.25) is 0 Å². The Morgan fingerprint density at radius 3 is 2.88 bits per heavy atom. The molecule has 1 unspecified atom stereocenters. The van der Waals surface area contributed by atoms with Gasteiger partial charge < -0.3 is 4.90 Å². The maximum absolute atomic E-state index is 12.8. The molecule has 0 spiro atoms. The van der Waals surface area contributed by atoms with Crippen molar-refractivity contribution in [2.24, 2.45) is 5.92 Å². The van der Waals surface area contributed by atoms with E-state index in [0.29, 0.717) is 11.6 Å². The molecule has 3 heterocycles. The maximum Gasteiger partial charge on any atom is 0.276 e. The maximum atomic E-state index is 12.8. The third kappa shape index (κ3) is 3.17. The van der Waals surface area contributed by atoms with Crippen molar-refractivity contribution in [1.29, 1.82) is 0 Å². The van der Waals surface area contributed by atoms with Crippen LogP contribution in [0.1, 0.15) is 30.3 Å². The van der Waals surface area contributed by atoms with Crippen LogP contribution in [0.4, 0.5) is 0 Å². The molecule has 2 aromatic heterocycles. The lowest BCUT2D eigenvalue weighted by Gasteiger charge is -2.20. The molecule has 2 aliphatic rings. The van der Waals surface area contributed by atoms with Gasteiger partial charge in [-0.3, -0.25) is 14.7 Å². The molecular weight excluding hydrogens is 304 g/mol. The molecule has 24 heavy (non-hydrogen) atoms. The Bertz CT molecular complexity index is 711. The normalized spacial score (nSPS) is 22.4. The van der Waals surface area contributed by atoms with E-state index in [1.165, 1.54) is 12.8 Å². The monoisotopic (exact) mass is 326 g/mol. The van der Waals surface area contributed by atoms with Gasteiger partial charge in [0, 0.05) is 38.4 Å². The summed E-state index contributed by atoms with van der Waals surface area (Å²) < 4.78 is 1.60. The first-order valence-electron chi connectivity index (χ1n) is 8.57. The first kappa shape index (κ1) is 15.3. The Morgan fingerprint density at radius 1 is 1.25 bits per heavy atom. The molecule has 1 amide bonds. The van der Waals surface area contributed by atoms with Gasteiger partial charge in [0.2, 0.25) is 0 Å². The van der Waals surface area contributed by atoms with E-state index in [-0.39, 0.29) is 5.91 Å². The number of rotatable bonds is 3. The fourth-order valence-corrected chi connectivity index (χ4v) is 3.36. The molecule has 0 radical (unpaired) electrons. The van der Waals surface area contributed by atoms with Crippen molar-refractivity contribution < 1.29 is 4.79 Å². The first-order valence-corrected chi connectivity index (χ1v) is 8.57. The van der Waals surface area contributed by atoms with Crippen LogP contribution in [0.25, 0.3) is 5.69 Å². The van der Waals surface area contributed by atoms with E-state index >= 15 is 0 Å². The van der Waals surface area contributed by atoms with Gasteiger partial charge in [0.25, 0.3) is 5.91 Å². The highest BCUT2D eigenvalue weighted by molar-refractivity contribution is 5.92. The molecule has 2 fully saturated rings. The van der Waals surface area contributed by atoms with Gasteiger partial charge in [0.1, 0.15) is 0 Å². The summed E-state index contributed by atoms with van der Waals surface area (Å²) in [6.07, 6.45) is 7.70. The highest BCUT2D eigenvalue weighted by Crippen LogP contribution is 2.28. The van der Waals surface area contributed by atoms with Crippen LogP contribution in [0.3, 0.4) is 0 Å². The van der Waals surface area contributed by atoms with Crippen LogP contribution in [0.15, 0.2) is 30.7 Å². The summed E-state index contributed by atoms with van der Waals surface area (Å²) in [4.78, 5) is 21.3. The Labute approximate surface area is 141 Å². The third-order valence-corrected chi connectivity index (χ3v) is 4.71. The summed E-state index contributed by atoms with van der Waals surface area (Å²) in [5.74, 6) is 0.444. The number of carbonyl (C=O) groups is 1. The molecule has 1 aliphatic carbocycles. The summed E-state index contributed by atoms with van der Waals surface area (Å²) in [5, 5.41) is 8.14. The molecule has 0 aromatic carbocycles. The van der Waals surface area contributed by atoms with Crippen molar-refractivity contribution in [3.63, 3.8) is 0 Å². The van der Waals surface area contributed by atoms with Crippen molar-refractivity contribution in [1.82, 2.24) is 29.8 Å². The molecule has 4 rings (SSSR count). The molecule has 1 saturated carbocycles. The first-order chi connectivity index (χ1) is 11.7. The topological polar surface area (TPSA) is 67.2 Å². The molecule has 1 aliphatic heterocycles. The van der Waals surface area contributed by atoms with Crippen LogP contribution in [-0.4, -0.2) is 67.9 Å². The van der Waals surface area contributed by atoms with Crippen molar-refractivity contribution in [2.45, 2.75) is 25.8 Å². The zero-order valence-corrected chi connectivity index (χ0v) is 13.9. The predicted molar refractivity (Wildman–Crippen MR) is 88.8 cm³/mol. The van der Waals surface area contributed by atoms with Gasteiger partial charge in [-0.2, -0.15) is 0 Å². The quantitative estimate of drug-likeness (QED) is 0.848. The predicted octanol–water partition coefficient (Wildman–Crippen LogP) is 1.22. The average molecular weight is 326 g/mol. The number of hydrogen-bond acceptors (Lipinski definition) is 5. The van der Waals surface area contributed by atoms with E-state index in [9.17, 15) is 4.79 Å². The number of nitrogens with zero attached hydrogens (tertiary/aromatic N) is 6. The van der Waals surface area contributed by atoms with Crippen molar-refractivity contribution in [3.8, 4) is 5.69 Å².